The molecule has 3 aromatic rings. The minimum atomic E-state index is -3.74. The van der Waals surface area contributed by atoms with Crippen LogP contribution >= 0.6 is 11.3 Å². The summed E-state index contributed by atoms with van der Waals surface area (Å²) in [5.41, 5.74) is 1.45. The predicted octanol–water partition coefficient (Wildman–Crippen LogP) is 3.59. The van der Waals surface area contributed by atoms with E-state index in [0.29, 0.717) is 34.2 Å². The summed E-state index contributed by atoms with van der Waals surface area (Å²) in [6, 6.07) is 12.3. The smallest absolute Gasteiger partial charge is 0.323 e. The number of aliphatic hydroxyl groups excluding tert-OH is 1. The first-order valence-electron chi connectivity index (χ1n) is 13.7. The summed E-state index contributed by atoms with van der Waals surface area (Å²) in [5, 5.41) is 17.1. The van der Waals surface area contributed by atoms with Crippen LogP contribution < -0.4 is 24.8 Å². The molecule has 3 atom stereocenters. The molecule has 3 heterocycles. The van der Waals surface area contributed by atoms with E-state index in [1.807, 2.05) is 6.92 Å². The normalized spacial score (nSPS) is 19.1. The number of carbonyl (C=O) groups excluding carboxylic acids is 2. The van der Waals surface area contributed by atoms with E-state index in [1.54, 1.807) is 65.7 Å². The molecule has 230 valence electrons. The van der Waals surface area contributed by atoms with Gasteiger partial charge in [-0.2, -0.15) is 4.31 Å². The van der Waals surface area contributed by atoms with E-state index in [4.69, 9.17) is 14.2 Å². The van der Waals surface area contributed by atoms with Gasteiger partial charge in [0.25, 0.3) is 10.0 Å². The number of nitrogens with one attached hydrogen (secondary N) is 2. The molecule has 0 aliphatic carbocycles. The van der Waals surface area contributed by atoms with Gasteiger partial charge in [0.05, 0.1) is 25.6 Å². The average Bonchev–Trinajstić information content (AvgIpc) is 3.69. The maximum absolute atomic E-state index is 13.5. The lowest BCUT2D eigenvalue weighted by Gasteiger charge is -2.33. The largest absolute Gasteiger partial charge is 0.488 e. The third-order valence-electron chi connectivity index (χ3n) is 7.40. The number of thiophene rings is 1. The van der Waals surface area contributed by atoms with Crippen molar-refractivity contribution in [2.24, 2.45) is 5.92 Å². The van der Waals surface area contributed by atoms with Crippen molar-refractivity contribution in [1.29, 1.82) is 0 Å². The fourth-order valence-corrected chi connectivity index (χ4v) is 7.29. The number of sulfonamides is 1. The zero-order valence-electron chi connectivity index (χ0n) is 24.0. The fraction of sp³-hybridized carbons (Fsp3) is 0.379. The van der Waals surface area contributed by atoms with Gasteiger partial charge in [0.15, 0.2) is 11.5 Å². The molecule has 12 nitrogen and oxygen atoms in total. The number of aliphatic hydroxyl groups is 1. The highest BCUT2D eigenvalue weighted by Crippen LogP contribution is 2.34. The SMILES string of the molecule is C[C@@H]1CN([C@@H](C)CO)C(=O)Cc2cc(NC(=O)Nc3ccc4c(c3)OCO4)ccc2O[C@H]1CN(C)S(=O)(=O)c1cccs1. The van der Waals surface area contributed by atoms with Crippen molar-refractivity contribution in [2.75, 3.05) is 44.2 Å². The number of carbonyl (C=O) groups is 2. The highest BCUT2D eigenvalue weighted by atomic mass is 32.2. The van der Waals surface area contributed by atoms with Crippen molar-refractivity contribution >= 4 is 44.7 Å². The van der Waals surface area contributed by atoms with E-state index < -0.39 is 28.2 Å². The first-order chi connectivity index (χ1) is 20.5. The maximum atomic E-state index is 13.5. The van der Waals surface area contributed by atoms with Crippen molar-refractivity contribution in [3.05, 3.63) is 59.5 Å². The van der Waals surface area contributed by atoms with Crippen molar-refractivity contribution < 1.29 is 37.3 Å². The van der Waals surface area contributed by atoms with Gasteiger partial charge in [0, 0.05) is 42.5 Å². The summed E-state index contributed by atoms with van der Waals surface area (Å²) in [7, 11) is -2.24. The molecule has 0 unspecified atom stereocenters. The number of hydrogen-bond donors (Lipinski definition) is 3. The molecule has 0 saturated heterocycles. The van der Waals surface area contributed by atoms with E-state index in [2.05, 4.69) is 10.6 Å². The fourth-order valence-electron chi connectivity index (χ4n) is 4.91. The number of rotatable bonds is 8. The van der Waals surface area contributed by atoms with Gasteiger partial charge in [0.2, 0.25) is 12.7 Å². The molecule has 2 aliphatic rings. The number of fused-ring (bicyclic) bond motifs is 2. The summed E-state index contributed by atoms with van der Waals surface area (Å²) >= 11 is 1.14. The zero-order valence-corrected chi connectivity index (χ0v) is 25.6. The molecular formula is C29H34N4O8S2. The van der Waals surface area contributed by atoms with E-state index in [1.165, 1.54) is 11.4 Å². The van der Waals surface area contributed by atoms with Crippen LogP contribution in [0.25, 0.3) is 0 Å². The first-order valence-corrected chi connectivity index (χ1v) is 16.0. The van der Waals surface area contributed by atoms with Gasteiger partial charge in [0.1, 0.15) is 16.1 Å². The van der Waals surface area contributed by atoms with Crippen LogP contribution in [-0.4, -0.2) is 80.4 Å². The minimum Gasteiger partial charge on any atom is -0.488 e. The number of anilines is 2. The van der Waals surface area contributed by atoms with Crippen LogP contribution in [0.3, 0.4) is 0 Å². The van der Waals surface area contributed by atoms with Crippen LogP contribution in [0.5, 0.6) is 17.2 Å². The lowest BCUT2D eigenvalue weighted by molar-refractivity contribution is -0.134. The standard InChI is InChI=1S/C29H34N4O8S2/c1-18-14-33(19(2)16-34)27(35)12-20-11-21(30-29(36)31-22-7-9-24-25(13-22)40-17-39-24)6-8-23(20)41-26(18)15-32(3)43(37,38)28-5-4-10-42-28/h4-11,13,18-19,26,34H,12,14-17H2,1-3H3,(H2,30,31,36)/t18-,19+,26+/m1/s1. The van der Waals surface area contributed by atoms with Gasteiger partial charge in [-0.05, 0) is 48.7 Å². The van der Waals surface area contributed by atoms with Crippen molar-refractivity contribution in [2.45, 2.75) is 36.6 Å². The van der Waals surface area contributed by atoms with Crippen molar-refractivity contribution in [3.8, 4) is 17.2 Å². The molecule has 14 heteroatoms. The summed E-state index contributed by atoms with van der Waals surface area (Å²) in [6.45, 7) is 3.83. The van der Waals surface area contributed by atoms with E-state index >= 15 is 0 Å². The Bertz CT molecular complexity index is 1580. The molecule has 1 aromatic heterocycles. The summed E-state index contributed by atoms with van der Waals surface area (Å²) in [4.78, 5) is 27.9. The second-order valence-electron chi connectivity index (χ2n) is 10.6. The Morgan fingerprint density at radius 3 is 2.51 bits per heavy atom. The molecule has 2 aliphatic heterocycles. The highest BCUT2D eigenvalue weighted by Gasteiger charge is 2.33. The van der Waals surface area contributed by atoms with Gasteiger partial charge in [-0.3, -0.25) is 4.79 Å². The van der Waals surface area contributed by atoms with Gasteiger partial charge >= 0.3 is 6.03 Å². The first kappa shape index (κ1) is 30.6. The van der Waals surface area contributed by atoms with Gasteiger partial charge in [-0.25, -0.2) is 13.2 Å². The lowest BCUT2D eigenvalue weighted by Crippen LogP contribution is -2.48. The number of amides is 3. The quantitative estimate of drug-likeness (QED) is 0.342. The minimum absolute atomic E-state index is 0.0360. The summed E-state index contributed by atoms with van der Waals surface area (Å²) in [5.74, 6) is 1.04. The molecule has 3 amide bonds. The van der Waals surface area contributed by atoms with Crippen LogP contribution in [0.1, 0.15) is 19.4 Å². The molecule has 0 radical (unpaired) electrons. The Morgan fingerprint density at radius 1 is 1.12 bits per heavy atom. The molecular weight excluding hydrogens is 596 g/mol. The molecule has 2 aromatic carbocycles. The predicted molar refractivity (Wildman–Crippen MR) is 161 cm³/mol. The van der Waals surface area contributed by atoms with Crippen LogP contribution in [0, 0.1) is 5.92 Å². The number of benzene rings is 2. The van der Waals surface area contributed by atoms with Crippen LogP contribution in [-0.2, 0) is 21.2 Å². The molecule has 0 fully saturated rings. The number of hydrogen-bond acceptors (Lipinski definition) is 9. The van der Waals surface area contributed by atoms with Crippen LogP contribution in [0.2, 0.25) is 0 Å². The second-order valence-corrected chi connectivity index (χ2v) is 13.8. The number of urea groups is 1. The lowest BCUT2D eigenvalue weighted by atomic mass is 10.0. The molecule has 5 rings (SSSR count). The molecule has 43 heavy (non-hydrogen) atoms. The molecule has 3 N–H and O–H groups in total. The van der Waals surface area contributed by atoms with Crippen LogP contribution in [0.15, 0.2) is 58.1 Å². The summed E-state index contributed by atoms with van der Waals surface area (Å²) in [6.07, 6.45) is -0.659. The number of likely N-dealkylation sites (N-methyl/N-ethyl adjacent to an activating group) is 1. The third-order valence-corrected chi connectivity index (χ3v) is 10.6. The molecule has 0 saturated carbocycles. The van der Waals surface area contributed by atoms with E-state index in [9.17, 15) is 23.1 Å². The monoisotopic (exact) mass is 630 g/mol. The second kappa shape index (κ2) is 12.8. The Kier molecular flexibility index (Phi) is 9.11. The van der Waals surface area contributed by atoms with Crippen LogP contribution in [0.4, 0.5) is 16.2 Å². The van der Waals surface area contributed by atoms with Gasteiger partial charge in [-0.15, -0.1) is 11.3 Å². The number of nitrogens with zero attached hydrogens (tertiary/aromatic N) is 2. The zero-order chi connectivity index (χ0) is 30.7. The van der Waals surface area contributed by atoms with E-state index in [0.717, 1.165) is 11.3 Å². The molecule has 0 bridgehead atoms. The summed E-state index contributed by atoms with van der Waals surface area (Å²) < 4.78 is 44.9. The topological polar surface area (TPSA) is 147 Å². The number of ether oxygens (including phenoxy) is 3. The molecule has 0 spiro atoms. The highest BCUT2D eigenvalue weighted by molar-refractivity contribution is 7.91. The Labute approximate surface area is 254 Å². The Balaban J connectivity index is 1.38. The van der Waals surface area contributed by atoms with Gasteiger partial charge < -0.3 is 34.9 Å². The van der Waals surface area contributed by atoms with E-state index in [-0.39, 0.29) is 48.9 Å². The van der Waals surface area contributed by atoms with Crippen molar-refractivity contribution in [3.63, 3.8) is 0 Å². The maximum Gasteiger partial charge on any atom is 0.323 e. The Morgan fingerprint density at radius 2 is 1.81 bits per heavy atom. The van der Waals surface area contributed by atoms with Crippen molar-refractivity contribution in [1.82, 2.24) is 9.21 Å². The third kappa shape index (κ3) is 6.88. The van der Waals surface area contributed by atoms with Gasteiger partial charge in [-0.1, -0.05) is 13.0 Å². The Hall–Kier alpha value is -3.85. The average molecular weight is 631 g/mol.